The maximum absolute atomic E-state index is 12.8. The summed E-state index contributed by atoms with van der Waals surface area (Å²) >= 11 is 0. The molecule has 0 saturated carbocycles. The van der Waals surface area contributed by atoms with E-state index in [1.54, 1.807) is 91.1 Å². The molecule has 0 bridgehead atoms. The average Bonchev–Trinajstić information content (AvgIpc) is 3.34. The van der Waals surface area contributed by atoms with Crippen molar-refractivity contribution in [3.8, 4) is 11.6 Å². The van der Waals surface area contributed by atoms with E-state index in [9.17, 15) is 9.59 Å². The first kappa shape index (κ1) is 19.8. The molecule has 4 aromatic rings. The Morgan fingerprint density at radius 3 is 2.58 bits per heavy atom. The minimum Gasteiger partial charge on any atom is -0.497 e. The van der Waals surface area contributed by atoms with Crippen molar-refractivity contribution in [2.75, 3.05) is 17.7 Å². The quantitative estimate of drug-likeness (QED) is 0.501. The highest BCUT2D eigenvalue weighted by molar-refractivity contribution is 6.12. The SMILES string of the molecule is COc1cccc(NC(=O)c2ccccc2NC(=O)c2ccc(-n3ccnc3)nc2)c1. The number of amides is 2. The molecule has 2 amide bonds. The number of ether oxygens (including phenoxy) is 1. The Kier molecular flexibility index (Phi) is 5.70. The summed E-state index contributed by atoms with van der Waals surface area (Å²) in [5.41, 5.74) is 1.69. The van der Waals surface area contributed by atoms with Gasteiger partial charge in [-0.15, -0.1) is 0 Å². The predicted molar refractivity (Wildman–Crippen MR) is 117 cm³/mol. The van der Waals surface area contributed by atoms with E-state index in [-0.39, 0.29) is 11.8 Å². The zero-order valence-corrected chi connectivity index (χ0v) is 16.6. The fraction of sp³-hybridized carbons (Fsp3) is 0.0435. The van der Waals surface area contributed by atoms with Gasteiger partial charge in [0, 0.05) is 30.3 Å². The average molecular weight is 413 g/mol. The van der Waals surface area contributed by atoms with Crippen LogP contribution in [0.25, 0.3) is 5.82 Å². The Morgan fingerprint density at radius 2 is 1.84 bits per heavy atom. The first-order valence-electron chi connectivity index (χ1n) is 9.44. The van der Waals surface area contributed by atoms with Gasteiger partial charge in [0.15, 0.2) is 0 Å². The molecule has 0 aliphatic carbocycles. The van der Waals surface area contributed by atoms with E-state index in [1.165, 1.54) is 6.20 Å². The normalized spacial score (nSPS) is 10.4. The maximum atomic E-state index is 12.8. The Hall–Kier alpha value is -4.46. The molecule has 0 aliphatic rings. The molecule has 8 heteroatoms. The first-order valence-corrected chi connectivity index (χ1v) is 9.44. The van der Waals surface area contributed by atoms with Crippen molar-refractivity contribution in [2.24, 2.45) is 0 Å². The Balaban J connectivity index is 1.50. The molecule has 2 heterocycles. The van der Waals surface area contributed by atoms with Crippen molar-refractivity contribution in [3.63, 3.8) is 0 Å². The molecule has 31 heavy (non-hydrogen) atoms. The fourth-order valence-corrected chi connectivity index (χ4v) is 2.95. The van der Waals surface area contributed by atoms with Crippen LogP contribution in [0.1, 0.15) is 20.7 Å². The number of methoxy groups -OCH3 is 1. The number of carbonyl (C=O) groups excluding carboxylic acids is 2. The molecule has 4 rings (SSSR count). The fourth-order valence-electron chi connectivity index (χ4n) is 2.95. The number of nitrogens with zero attached hydrogens (tertiary/aromatic N) is 3. The molecular weight excluding hydrogens is 394 g/mol. The van der Waals surface area contributed by atoms with Gasteiger partial charge in [0.2, 0.25) is 0 Å². The highest BCUT2D eigenvalue weighted by Gasteiger charge is 2.15. The van der Waals surface area contributed by atoms with E-state index in [0.29, 0.717) is 34.1 Å². The highest BCUT2D eigenvalue weighted by atomic mass is 16.5. The number of benzene rings is 2. The third-order valence-electron chi connectivity index (χ3n) is 4.53. The van der Waals surface area contributed by atoms with Crippen LogP contribution in [0.4, 0.5) is 11.4 Å². The minimum absolute atomic E-state index is 0.335. The number of carbonyl (C=O) groups is 2. The predicted octanol–water partition coefficient (Wildman–Crippen LogP) is 3.78. The van der Waals surface area contributed by atoms with Gasteiger partial charge in [-0.2, -0.15) is 0 Å². The van der Waals surface area contributed by atoms with Gasteiger partial charge in [-0.25, -0.2) is 9.97 Å². The van der Waals surface area contributed by atoms with Crippen LogP contribution in [-0.4, -0.2) is 33.5 Å². The molecule has 0 saturated heterocycles. The van der Waals surface area contributed by atoms with Gasteiger partial charge in [0.1, 0.15) is 17.9 Å². The number of aromatic nitrogens is 3. The standard InChI is InChI=1S/C23H19N5O3/c1-31-18-6-4-5-17(13-18)26-23(30)19-7-2-3-8-20(19)27-22(29)16-9-10-21(25-14-16)28-12-11-24-15-28/h2-15H,1H3,(H,26,30)(H,27,29). The van der Waals surface area contributed by atoms with Gasteiger partial charge in [-0.05, 0) is 36.4 Å². The second-order valence-electron chi connectivity index (χ2n) is 6.56. The van der Waals surface area contributed by atoms with Crippen LogP contribution < -0.4 is 15.4 Å². The molecule has 2 N–H and O–H groups in total. The van der Waals surface area contributed by atoms with Crippen LogP contribution in [0.3, 0.4) is 0 Å². The molecule has 2 aromatic heterocycles. The van der Waals surface area contributed by atoms with Gasteiger partial charge >= 0.3 is 0 Å². The molecule has 0 aliphatic heterocycles. The monoisotopic (exact) mass is 413 g/mol. The van der Waals surface area contributed by atoms with Crippen LogP contribution in [0.2, 0.25) is 0 Å². The van der Waals surface area contributed by atoms with Gasteiger partial charge < -0.3 is 15.4 Å². The van der Waals surface area contributed by atoms with Crippen molar-refractivity contribution < 1.29 is 14.3 Å². The molecule has 0 spiro atoms. The topological polar surface area (TPSA) is 98.1 Å². The Morgan fingerprint density at radius 1 is 0.968 bits per heavy atom. The van der Waals surface area contributed by atoms with Crippen LogP contribution in [0.15, 0.2) is 85.6 Å². The molecule has 0 radical (unpaired) electrons. The van der Waals surface area contributed by atoms with Crippen molar-refractivity contribution >= 4 is 23.2 Å². The molecule has 0 fully saturated rings. The first-order chi connectivity index (χ1) is 15.1. The molecule has 0 unspecified atom stereocenters. The highest BCUT2D eigenvalue weighted by Crippen LogP contribution is 2.21. The second kappa shape index (κ2) is 8.91. The van der Waals surface area contributed by atoms with Gasteiger partial charge in [-0.1, -0.05) is 18.2 Å². The van der Waals surface area contributed by atoms with E-state index in [2.05, 4.69) is 20.6 Å². The molecule has 0 atom stereocenters. The Labute approximate surface area is 178 Å². The third kappa shape index (κ3) is 4.59. The lowest BCUT2D eigenvalue weighted by atomic mass is 10.1. The Bertz CT molecular complexity index is 1200. The van der Waals surface area contributed by atoms with Crippen molar-refractivity contribution in [2.45, 2.75) is 0 Å². The number of nitrogens with one attached hydrogen (secondary N) is 2. The number of hydrogen-bond donors (Lipinski definition) is 2. The summed E-state index contributed by atoms with van der Waals surface area (Å²) < 4.78 is 6.92. The largest absolute Gasteiger partial charge is 0.497 e. The van der Waals surface area contributed by atoms with E-state index >= 15 is 0 Å². The molecular formula is C23H19N5O3. The second-order valence-corrected chi connectivity index (χ2v) is 6.56. The lowest BCUT2D eigenvalue weighted by molar-refractivity contribution is 0.102. The summed E-state index contributed by atoms with van der Waals surface area (Å²) in [6.07, 6.45) is 6.51. The van der Waals surface area contributed by atoms with Crippen molar-refractivity contribution in [1.29, 1.82) is 0 Å². The lowest BCUT2D eigenvalue weighted by Crippen LogP contribution is -2.18. The third-order valence-corrected chi connectivity index (χ3v) is 4.53. The summed E-state index contributed by atoms with van der Waals surface area (Å²) in [6, 6.07) is 17.2. The van der Waals surface area contributed by atoms with E-state index < -0.39 is 0 Å². The number of pyridine rings is 1. The summed E-state index contributed by atoms with van der Waals surface area (Å²) in [6.45, 7) is 0. The molecule has 154 valence electrons. The van der Waals surface area contributed by atoms with E-state index in [4.69, 9.17) is 4.74 Å². The van der Waals surface area contributed by atoms with Crippen LogP contribution in [0.5, 0.6) is 5.75 Å². The summed E-state index contributed by atoms with van der Waals surface area (Å²) in [7, 11) is 1.56. The zero-order valence-electron chi connectivity index (χ0n) is 16.6. The number of para-hydroxylation sites is 1. The number of imidazole rings is 1. The van der Waals surface area contributed by atoms with Crippen molar-refractivity contribution in [1.82, 2.24) is 14.5 Å². The minimum atomic E-state index is -0.369. The summed E-state index contributed by atoms with van der Waals surface area (Å²) in [5.74, 6) is 0.558. The molecule has 8 nitrogen and oxygen atoms in total. The maximum Gasteiger partial charge on any atom is 0.257 e. The van der Waals surface area contributed by atoms with E-state index in [1.807, 2.05) is 0 Å². The zero-order chi connectivity index (χ0) is 21.6. The summed E-state index contributed by atoms with van der Waals surface area (Å²) in [5, 5.41) is 5.60. The number of rotatable bonds is 6. The van der Waals surface area contributed by atoms with Gasteiger partial charge in [-0.3, -0.25) is 14.2 Å². The number of hydrogen-bond acceptors (Lipinski definition) is 5. The smallest absolute Gasteiger partial charge is 0.257 e. The van der Waals surface area contributed by atoms with Crippen molar-refractivity contribution in [3.05, 3.63) is 96.7 Å². The number of anilines is 2. The van der Waals surface area contributed by atoms with Crippen LogP contribution >= 0.6 is 0 Å². The van der Waals surface area contributed by atoms with E-state index in [0.717, 1.165) is 0 Å². The van der Waals surface area contributed by atoms with Gasteiger partial charge in [0.25, 0.3) is 11.8 Å². The summed E-state index contributed by atoms with van der Waals surface area (Å²) in [4.78, 5) is 33.8. The van der Waals surface area contributed by atoms with Gasteiger partial charge in [0.05, 0.1) is 23.9 Å². The lowest BCUT2D eigenvalue weighted by Gasteiger charge is -2.12. The van der Waals surface area contributed by atoms with Crippen LogP contribution in [0, 0.1) is 0 Å². The van der Waals surface area contributed by atoms with Crippen LogP contribution in [-0.2, 0) is 0 Å². The molecule has 2 aromatic carbocycles.